The number of rotatable bonds is 8. The molecule has 2 N–H and O–H groups in total. The van der Waals surface area contributed by atoms with Crippen molar-refractivity contribution in [3.63, 3.8) is 0 Å². The van der Waals surface area contributed by atoms with Crippen molar-refractivity contribution in [2.75, 3.05) is 10.0 Å². The molecule has 0 spiro atoms. The van der Waals surface area contributed by atoms with Crippen molar-refractivity contribution in [1.82, 2.24) is 5.16 Å². The predicted molar refractivity (Wildman–Crippen MR) is 118 cm³/mol. The van der Waals surface area contributed by atoms with Crippen LogP contribution in [0.25, 0.3) is 0 Å². The van der Waals surface area contributed by atoms with Crippen LogP contribution in [0.5, 0.6) is 5.75 Å². The Bertz CT molecular complexity index is 1170. The maximum absolute atomic E-state index is 12.6. The number of aromatic nitrogens is 1. The molecule has 3 aromatic rings. The zero-order valence-electron chi connectivity index (χ0n) is 17.8. The minimum atomic E-state index is -3.85. The average molecular weight is 444 g/mol. The van der Waals surface area contributed by atoms with Crippen LogP contribution < -0.4 is 14.8 Å². The van der Waals surface area contributed by atoms with Gasteiger partial charge in [0.05, 0.1) is 10.6 Å². The van der Waals surface area contributed by atoms with Crippen LogP contribution in [0.15, 0.2) is 57.9 Å². The number of aryl methyl sites for hydroxylation is 2. The van der Waals surface area contributed by atoms with Gasteiger partial charge in [0.15, 0.2) is 6.10 Å². The molecule has 0 fully saturated rings. The lowest BCUT2D eigenvalue weighted by molar-refractivity contribution is -0.122. The smallest absolute Gasteiger partial charge is 0.265 e. The summed E-state index contributed by atoms with van der Waals surface area (Å²) in [6.07, 6.45) is 0.146. The van der Waals surface area contributed by atoms with Crippen molar-refractivity contribution in [1.29, 1.82) is 0 Å². The molecule has 1 unspecified atom stereocenters. The Kier molecular flexibility index (Phi) is 6.65. The monoisotopic (exact) mass is 443 g/mol. The van der Waals surface area contributed by atoms with Crippen molar-refractivity contribution in [3.05, 3.63) is 65.4 Å². The highest BCUT2D eigenvalue weighted by Crippen LogP contribution is 2.23. The lowest BCUT2D eigenvalue weighted by Gasteiger charge is -2.15. The Morgan fingerprint density at radius 1 is 1.16 bits per heavy atom. The number of sulfonamides is 1. The Labute approximate surface area is 181 Å². The SMILES string of the molecule is CCc1cccc(OC(C)C(=O)Nc2ccc(S(=O)(=O)Nc3onc(C)c3C)cc2)c1. The number of hydrogen-bond donors (Lipinski definition) is 2. The Morgan fingerprint density at radius 2 is 1.87 bits per heavy atom. The molecule has 0 bridgehead atoms. The van der Waals surface area contributed by atoms with Gasteiger partial charge in [0.2, 0.25) is 5.88 Å². The van der Waals surface area contributed by atoms with E-state index in [1.165, 1.54) is 24.3 Å². The van der Waals surface area contributed by atoms with Gasteiger partial charge in [-0.15, -0.1) is 0 Å². The van der Waals surface area contributed by atoms with Crippen LogP contribution in [-0.4, -0.2) is 25.6 Å². The molecule has 0 saturated heterocycles. The number of hydrogen-bond acceptors (Lipinski definition) is 6. The molecule has 1 heterocycles. The maximum Gasteiger partial charge on any atom is 0.265 e. The number of carbonyl (C=O) groups excluding carboxylic acids is 1. The first-order chi connectivity index (χ1) is 14.7. The summed E-state index contributed by atoms with van der Waals surface area (Å²) in [6, 6.07) is 13.4. The molecule has 3 rings (SSSR count). The lowest BCUT2D eigenvalue weighted by atomic mass is 10.2. The van der Waals surface area contributed by atoms with Gasteiger partial charge in [-0.1, -0.05) is 24.2 Å². The number of ether oxygens (including phenoxy) is 1. The summed E-state index contributed by atoms with van der Waals surface area (Å²) in [6.45, 7) is 7.13. The minimum absolute atomic E-state index is 0.0274. The van der Waals surface area contributed by atoms with E-state index >= 15 is 0 Å². The molecule has 1 atom stereocenters. The number of nitrogens with one attached hydrogen (secondary N) is 2. The molecule has 9 heteroatoms. The first-order valence-corrected chi connectivity index (χ1v) is 11.3. The van der Waals surface area contributed by atoms with E-state index in [0.29, 0.717) is 22.7 Å². The van der Waals surface area contributed by atoms with Gasteiger partial charge in [0, 0.05) is 11.3 Å². The van der Waals surface area contributed by atoms with Gasteiger partial charge >= 0.3 is 0 Å². The highest BCUT2D eigenvalue weighted by atomic mass is 32.2. The zero-order chi connectivity index (χ0) is 22.6. The Balaban J connectivity index is 1.64. The molecule has 31 heavy (non-hydrogen) atoms. The molecule has 8 nitrogen and oxygen atoms in total. The molecular weight excluding hydrogens is 418 g/mol. The van der Waals surface area contributed by atoms with Crippen molar-refractivity contribution in [3.8, 4) is 5.75 Å². The van der Waals surface area contributed by atoms with Crippen molar-refractivity contribution in [2.24, 2.45) is 0 Å². The standard InChI is InChI=1S/C22H25N3O5S/c1-5-17-7-6-8-19(13-17)29-16(4)21(26)23-18-9-11-20(12-10-18)31(27,28)25-22-14(2)15(3)24-30-22/h6-13,16,25H,5H2,1-4H3,(H,23,26). The van der Waals surface area contributed by atoms with Crippen LogP contribution in [0, 0.1) is 13.8 Å². The normalized spacial score (nSPS) is 12.3. The molecule has 164 valence electrons. The largest absolute Gasteiger partial charge is 0.481 e. The van der Waals surface area contributed by atoms with Gasteiger partial charge in [-0.2, -0.15) is 0 Å². The van der Waals surface area contributed by atoms with Gasteiger partial charge in [-0.3, -0.25) is 4.79 Å². The molecule has 0 aliphatic rings. The third-order valence-corrected chi connectivity index (χ3v) is 6.15. The van der Waals surface area contributed by atoms with Gasteiger partial charge in [-0.05, 0) is 69.2 Å². The average Bonchev–Trinajstić information content (AvgIpc) is 3.05. The molecule has 1 aromatic heterocycles. The fourth-order valence-electron chi connectivity index (χ4n) is 2.75. The molecule has 2 aromatic carbocycles. The molecule has 0 aliphatic heterocycles. The van der Waals surface area contributed by atoms with Crippen LogP contribution in [-0.2, 0) is 21.2 Å². The summed E-state index contributed by atoms with van der Waals surface area (Å²) < 4.78 is 38.2. The number of nitrogens with zero attached hydrogens (tertiary/aromatic N) is 1. The summed E-state index contributed by atoms with van der Waals surface area (Å²) in [4.78, 5) is 12.5. The summed E-state index contributed by atoms with van der Waals surface area (Å²) in [5, 5.41) is 6.46. The van der Waals surface area contributed by atoms with Crippen LogP contribution in [0.4, 0.5) is 11.6 Å². The van der Waals surface area contributed by atoms with Gasteiger partial charge < -0.3 is 14.6 Å². The van der Waals surface area contributed by atoms with Crippen LogP contribution in [0.1, 0.15) is 30.7 Å². The number of benzene rings is 2. The van der Waals surface area contributed by atoms with Gasteiger partial charge in [-0.25, -0.2) is 13.1 Å². The van der Waals surface area contributed by atoms with Crippen LogP contribution in [0.3, 0.4) is 0 Å². The number of carbonyl (C=O) groups is 1. The topological polar surface area (TPSA) is 111 Å². The minimum Gasteiger partial charge on any atom is -0.481 e. The van der Waals surface area contributed by atoms with Crippen molar-refractivity contribution < 1.29 is 22.5 Å². The lowest BCUT2D eigenvalue weighted by Crippen LogP contribution is -2.30. The van der Waals surface area contributed by atoms with Gasteiger partial charge in [0.1, 0.15) is 5.75 Å². The summed E-state index contributed by atoms with van der Waals surface area (Å²) in [7, 11) is -3.85. The molecule has 0 radical (unpaired) electrons. The third-order valence-electron chi connectivity index (χ3n) is 4.81. The predicted octanol–water partition coefficient (Wildman–Crippen LogP) is 4.06. The highest BCUT2D eigenvalue weighted by Gasteiger charge is 2.20. The van der Waals surface area contributed by atoms with E-state index in [0.717, 1.165) is 12.0 Å². The van der Waals surface area contributed by atoms with Crippen LogP contribution >= 0.6 is 0 Å². The van der Waals surface area contributed by atoms with Crippen molar-refractivity contribution >= 4 is 27.5 Å². The highest BCUT2D eigenvalue weighted by molar-refractivity contribution is 7.92. The van der Waals surface area contributed by atoms with Crippen LogP contribution in [0.2, 0.25) is 0 Å². The number of anilines is 2. The zero-order valence-corrected chi connectivity index (χ0v) is 18.6. The number of amides is 1. The van der Waals surface area contributed by atoms with E-state index in [2.05, 4.69) is 15.2 Å². The summed E-state index contributed by atoms with van der Waals surface area (Å²) in [5.74, 6) is 0.351. The third kappa shape index (κ3) is 5.43. The molecular formula is C22H25N3O5S. The second kappa shape index (κ2) is 9.22. The van der Waals surface area contributed by atoms with E-state index < -0.39 is 16.1 Å². The van der Waals surface area contributed by atoms with E-state index in [-0.39, 0.29) is 16.7 Å². The van der Waals surface area contributed by atoms with E-state index in [1.807, 2.05) is 25.1 Å². The molecule has 1 amide bonds. The summed E-state index contributed by atoms with van der Waals surface area (Å²) in [5.41, 5.74) is 2.79. The van der Waals surface area contributed by atoms with E-state index in [9.17, 15) is 13.2 Å². The Morgan fingerprint density at radius 3 is 2.48 bits per heavy atom. The second-order valence-electron chi connectivity index (χ2n) is 7.10. The Hall–Kier alpha value is -3.33. The second-order valence-corrected chi connectivity index (χ2v) is 8.78. The van der Waals surface area contributed by atoms with Crippen molar-refractivity contribution in [2.45, 2.75) is 45.1 Å². The summed E-state index contributed by atoms with van der Waals surface area (Å²) >= 11 is 0. The molecule has 0 aliphatic carbocycles. The van der Waals surface area contributed by atoms with Gasteiger partial charge in [0.25, 0.3) is 15.9 Å². The van der Waals surface area contributed by atoms with E-state index in [4.69, 9.17) is 9.26 Å². The fourth-order valence-corrected chi connectivity index (χ4v) is 3.80. The quantitative estimate of drug-likeness (QED) is 0.543. The first-order valence-electron chi connectivity index (χ1n) is 9.82. The maximum atomic E-state index is 12.6. The molecule has 0 saturated carbocycles. The fraction of sp³-hybridized carbons (Fsp3) is 0.273. The first kappa shape index (κ1) is 22.4. The van der Waals surface area contributed by atoms with E-state index in [1.54, 1.807) is 26.8 Å².